The van der Waals surface area contributed by atoms with Gasteiger partial charge in [-0.2, -0.15) is 0 Å². The molecule has 1 heterocycles. The Kier molecular flexibility index (Phi) is 6.94. The first-order chi connectivity index (χ1) is 16.5. The average Bonchev–Trinajstić information content (AvgIpc) is 2.83. The second-order valence-electron chi connectivity index (χ2n) is 9.13. The van der Waals surface area contributed by atoms with Gasteiger partial charge in [-0.15, -0.1) is 0 Å². The molecule has 3 aromatic rings. The number of nitrogens with zero attached hydrogens (tertiary/aromatic N) is 2. The van der Waals surface area contributed by atoms with Crippen molar-refractivity contribution in [1.82, 2.24) is 4.90 Å². The predicted octanol–water partition coefficient (Wildman–Crippen LogP) is 5.12. The zero-order valence-electron chi connectivity index (χ0n) is 20.0. The highest BCUT2D eigenvalue weighted by molar-refractivity contribution is 7.90. The number of carbonyl (C=O) groups excluding carboxylic acids is 1. The summed E-state index contributed by atoms with van der Waals surface area (Å²) in [6, 6.07) is 15.4. The van der Waals surface area contributed by atoms with Crippen LogP contribution < -0.4 is 4.90 Å². The quantitative estimate of drug-likeness (QED) is 0.490. The highest BCUT2D eigenvalue weighted by Gasteiger charge is 2.26. The second-order valence-corrected chi connectivity index (χ2v) is 11.1. The van der Waals surface area contributed by atoms with Crippen LogP contribution in [0, 0.1) is 11.6 Å². The van der Waals surface area contributed by atoms with E-state index in [4.69, 9.17) is 0 Å². The summed E-state index contributed by atoms with van der Waals surface area (Å²) in [4.78, 5) is 17.1. The number of hydrogen-bond acceptors (Lipinski definition) is 4. The number of carbonyl (C=O) groups is 1. The monoisotopic (exact) mass is 498 g/mol. The summed E-state index contributed by atoms with van der Waals surface area (Å²) in [5, 5.41) is 0. The lowest BCUT2D eigenvalue weighted by molar-refractivity contribution is 0.0747. The van der Waals surface area contributed by atoms with Gasteiger partial charge >= 0.3 is 0 Å². The first-order valence-corrected chi connectivity index (χ1v) is 13.4. The van der Waals surface area contributed by atoms with Gasteiger partial charge in [0, 0.05) is 38.0 Å². The number of sulfone groups is 1. The van der Waals surface area contributed by atoms with Crippen LogP contribution in [0.25, 0.3) is 11.1 Å². The minimum absolute atomic E-state index is 0.0395. The van der Waals surface area contributed by atoms with Crippen LogP contribution in [0.3, 0.4) is 0 Å². The van der Waals surface area contributed by atoms with Crippen LogP contribution >= 0.6 is 0 Å². The topological polar surface area (TPSA) is 57.7 Å². The molecular formula is C27H28F2N2O3S. The zero-order chi connectivity index (χ0) is 25.3. The maximum atomic E-state index is 14.7. The van der Waals surface area contributed by atoms with Gasteiger partial charge in [0.25, 0.3) is 5.91 Å². The Morgan fingerprint density at radius 3 is 2.11 bits per heavy atom. The lowest BCUT2D eigenvalue weighted by Crippen LogP contribution is -2.49. The van der Waals surface area contributed by atoms with Gasteiger partial charge in [-0.05, 0) is 59.0 Å². The molecule has 0 radical (unpaired) electrons. The zero-order valence-corrected chi connectivity index (χ0v) is 20.8. The van der Waals surface area contributed by atoms with Crippen molar-refractivity contribution in [3.63, 3.8) is 0 Å². The van der Waals surface area contributed by atoms with E-state index in [1.807, 2.05) is 24.8 Å². The Balaban J connectivity index is 1.59. The van der Waals surface area contributed by atoms with E-state index in [1.165, 1.54) is 24.3 Å². The molecule has 0 unspecified atom stereocenters. The van der Waals surface area contributed by atoms with Crippen LogP contribution in [-0.4, -0.2) is 51.7 Å². The number of hydrogen-bond donors (Lipinski definition) is 0. The van der Waals surface area contributed by atoms with Crippen LogP contribution in [-0.2, 0) is 9.84 Å². The molecule has 0 aliphatic carbocycles. The van der Waals surface area contributed by atoms with Gasteiger partial charge in [0.2, 0.25) is 0 Å². The molecule has 1 saturated heterocycles. The summed E-state index contributed by atoms with van der Waals surface area (Å²) in [6.07, 6.45) is 1.09. The molecule has 1 aliphatic heterocycles. The van der Waals surface area contributed by atoms with E-state index in [9.17, 15) is 22.0 Å². The normalized spacial score (nSPS) is 14.5. The third-order valence-corrected chi connectivity index (χ3v) is 7.46. The highest BCUT2D eigenvalue weighted by atomic mass is 32.2. The molecule has 5 nitrogen and oxygen atoms in total. The van der Waals surface area contributed by atoms with E-state index in [0.717, 1.165) is 11.8 Å². The van der Waals surface area contributed by atoms with Crippen LogP contribution in [0.5, 0.6) is 0 Å². The molecule has 1 aliphatic rings. The fourth-order valence-corrected chi connectivity index (χ4v) is 4.92. The summed E-state index contributed by atoms with van der Waals surface area (Å²) in [5.74, 6) is -0.772. The number of rotatable bonds is 5. The Hall–Kier alpha value is -3.26. The lowest BCUT2D eigenvalue weighted by Gasteiger charge is -2.36. The van der Waals surface area contributed by atoms with Crippen LogP contribution in [0.1, 0.15) is 35.7 Å². The Bertz CT molecular complexity index is 1350. The van der Waals surface area contributed by atoms with Gasteiger partial charge < -0.3 is 9.80 Å². The molecular weight excluding hydrogens is 470 g/mol. The summed E-state index contributed by atoms with van der Waals surface area (Å²) < 4.78 is 52.5. The highest BCUT2D eigenvalue weighted by Crippen LogP contribution is 2.29. The van der Waals surface area contributed by atoms with Crippen LogP contribution in [0.2, 0.25) is 0 Å². The van der Waals surface area contributed by atoms with E-state index in [2.05, 4.69) is 0 Å². The van der Waals surface area contributed by atoms with Crippen molar-refractivity contribution in [3.05, 3.63) is 83.4 Å². The Morgan fingerprint density at radius 2 is 1.54 bits per heavy atom. The standard InChI is InChI=1S/C27H28F2N2O3S/c1-18(2)20-6-11-26(25(29)16-20)30-12-14-31(15-13-30)27(32)24-17-22(35(3,33)34)9-10-23(24)19-4-7-21(28)8-5-19/h4-11,16-18H,12-15H2,1-3H3. The smallest absolute Gasteiger partial charge is 0.254 e. The fraction of sp³-hybridized carbons (Fsp3) is 0.296. The molecule has 0 aromatic heterocycles. The van der Waals surface area contributed by atoms with Crippen LogP contribution in [0.15, 0.2) is 65.6 Å². The van der Waals surface area contributed by atoms with E-state index >= 15 is 0 Å². The third-order valence-electron chi connectivity index (χ3n) is 6.35. The van der Waals surface area contributed by atoms with E-state index in [0.29, 0.717) is 43.0 Å². The largest absolute Gasteiger partial charge is 0.366 e. The molecule has 0 atom stereocenters. The van der Waals surface area contributed by atoms with Crippen molar-refractivity contribution in [2.24, 2.45) is 0 Å². The molecule has 0 spiro atoms. The van der Waals surface area contributed by atoms with E-state index < -0.39 is 15.7 Å². The predicted molar refractivity (Wildman–Crippen MR) is 134 cm³/mol. The number of piperazine rings is 1. The summed E-state index contributed by atoms with van der Waals surface area (Å²) in [6.45, 7) is 5.63. The van der Waals surface area contributed by atoms with Gasteiger partial charge in [-0.1, -0.05) is 38.1 Å². The van der Waals surface area contributed by atoms with Gasteiger partial charge in [0.1, 0.15) is 11.6 Å². The third kappa shape index (κ3) is 5.37. The Morgan fingerprint density at radius 1 is 0.886 bits per heavy atom. The number of benzene rings is 3. The summed E-state index contributed by atoms with van der Waals surface area (Å²) in [5.41, 5.74) is 2.81. The molecule has 8 heteroatoms. The number of halogens is 2. The molecule has 184 valence electrons. The molecule has 1 fully saturated rings. The minimum Gasteiger partial charge on any atom is -0.366 e. The van der Waals surface area contributed by atoms with Gasteiger partial charge in [-0.25, -0.2) is 17.2 Å². The van der Waals surface area contributed by atoms with Crippen molar-refractivity contribution < 1.29 is 22.0 Å². The molecule has 0 saturated carbocycles. The van der Waals surface area contributed by atoms with Crippen molar-refractivity contribution in [2.45, 2.75) is 24.7 Å². The number of anilines is 1. The molecule has 4 rings (SSSR count). The van der Waals surface area contributed by atoms with Gasteiger partial charge in [0.15, 0.2) is 9.84 Å². The van der Waals surface area contributed by atoms with Crippen molar-refractivity contribution in [2.75, 3.05) is 37.3 Å². The van der Waals surface area contributed by atoms with Crippen molar-refractivity contribution in [3.8, 4) is 11.1 Å². The molecule has 3 aromatic carbocycles. The average molecular weight is 499 g/mol. The first kappa shape index (κ1) is 24.9. The van der Waals surface area contributed by atoms with Crippen molar-refractivity contribution in [1.29, 1.82) is 0 Å². The van der Waals surface area contributed by atoms with E-state index in [-0.39, 0.29) is 28.1 Å². The molecule has 35 heavy (non-hydrogen) atoms. The summed E-state index contributed by atoms with van der Waals surface area (Å²) in [7, 11) is -3.54. The van der Waals surface area contributed by atoms with E-state index in [1.54, 1.807) is 35.2 Å². The Labute approximate surface area is 204 Å². The fourth-order valence-electron chi connectivity index (χ4n) is 4.27. The molecule has 0 N–H and O–H groups in total. The second kappa shape index (κ2) is 9.77. The van der Waals surface area contributed by atoms with Gasteiger partial charge in [-0.3, -0.25) is 4.79 Å². The van der Waals surface area contributed by atoms with Gasteiger partial charge in [0.05, 0.1) is 10.6 Å². The van der Waals surface area contributed by atoms with Crippen molar-refractivity contribution >= 4 is 21.4 Å². The maximum absolute atomic E-state index is 14.7. The number of amides is 1. The van der Waals surface area contributed by atoms with Crippen LogP contribution in [0.4, 0.5) is 14.5 Å². The molecule has 1 amide bonds. The maximum Gasteiger partial charge on any atom is 0.254 e. The lowest BCUT2D eigenvalue weighted by atomic mass is 9.98. The minimum atomic E-state index is -3.54. The summed E-state index contributed by atoms with van der Waals surface area (Å²) >= 11 is 0. The first-order valence-electron chi connectivity index (χ1n) is 11.5. The SMILES string of the molecule is CC(C)c1ccc(N2CCN(C(=O)c3cc(S(C)(=O)=O)ccc3-c3ccc(F)cc3)CC2)c(F)c1. The molecule has 0 bridgehead atoms.